The molecule has 1 aromatic carbocycles. The molecule has 0 atom stereocenters. The Balaban J connectivity index is 2.42. The van der Waals surface area contributed by atoms with E-state index < -0.39 is 0 Å². The predicted molar refractivity (Wildman–Crippen MR) is 64.0 cm³/mol. The van der Waals surface area contributed by atoms with Gasteiger partial charge in [-0.15, -0.1) is 0 Å². The maximum absolute atomic E-state index is 13.0. The summed E-state index contributed by atoms with van der Waals surface area (Å²) in [4.78, 5) is 4.15. The average Bonchev–Trinajstić information content (AvgIpc) is 2.32. The van der Waals surface area contributed by atoms with Crippen LogP contribution in [-0.2, 0) is 6.42 Å². The summed E-state index contributed by atoms with van der Waals surface area (Å²) in [5.41, 5.74) is 1.93. The summed E-state index contributed by atoms with van der Waals surface area (Å²) in [6.07, 6.45) is 0.218. The molecule has 4 heteroatoms. The standard InChI is InChI=1S/C13H8ClFN2/c14-13-9(6-7-16)4-5-12(17-13)10-2-1-3-11(15)8-10/h1-5,8H,6H2. The molecular weight excluding hydrogens is 239 g/mol. The van der Waals surface area contributed by atoms with Gasteiger partial charge in [-0.25, -0.2) is 9.37 Å². The summed E-state index contributed by atoms with van der Waals surface area (Å²) < 4.78 is 13.0. The van der Waals surface area contributed by atoms with Crippen molar-refractivity contribution >= 4 is 11.6 Å². The summed E-state index contributed by atoms with van der Waals surface area (Å²) in [6.45, 7) is 0. The molecule has 17 heavy (non-hydrogen) atoms. The normalized spacial score (nSPS) is 9.94. The number of rotatable bonds is 2. The topological polar surface area (TPSA) is 36.7 Å². The van der Waals surface area contributed by atoms with Crippen LogP contribution < -0.4 is 0 Å². The van der Waals surface area contributed by atoms with Crippen molar-refractivity contribution in [2.75, 3.05) is 0 Å². The first kappa shape index (κ1) is 11.6. The molecule has 0 unspecified atom stereocenters. The number of halogens is 2. The van der Waals surface area contributed by atoms with E-state index in [9.17, 15) is 4.39 Å². The molecule has 0 amide bonds. The van der Waals surface area contributed by atoms with Crippen molar-refractivity contribution in [3.05, 3.63) is 52.9 Å². The SMILES string of the molecule is N#CCc1ccc(-c2cccc(F)c2)nc1Cl. The molecule has 0 fully saturated rings. The van der Waals surface area contributed by atoms with Crippen molar-refractivity contribution in [2.45, 2.75) is 6.42 Å². The van der Waals surface area contributed by atoms with Crippen LogP contribution in [0.1, 0.15) is 5.56 Å². The number of pyridine rings is 1. The van der Waals surface area contributed by atoms with Gasteiger partial charge in [-0.1, -0.05) is 29.8 Å². The van der Waals surface area contributed by atoms with Gasteiger partial charge in [-0.05, 0) is 18.2 Å². The molecule has 0 aliphatic rings. The molecule has 2 nitrogen and oxygen atoms in total. The van der Waals surface area contributed by atoms with Gasteiger partial charge < -0.3 is 0 Å². The minimum absolute atomic E-state index is 0.218. The van der Waals surface area contributed by atoms with Crippen LogP contribution in [0.2, 0.25) is 5.15 Å². The van der Waals surface area contributed by atoms with E-state index in [2.05, 4.69) is 4.98 Å². The Hall–Kier alpha value is -1.92. The lowest BCUT2D eigenvalue weighted by atomic mass is 10.1. The van der Waals surface area contributed by atoms with Crippen LogP contribution in [0.25, 0.3) is 11.3 Å². The largest absolute Gasteiger partial charge is 0.236 e. The van der Waals surface area contributed by atoms with E-state index in [1.165, 1.54) is 12.1 Å². The summed E-state index contributed by atoms with van der Waals surface area (Å²) in [6, 6.07) is 11.6. The van der Waals surface area contributed by atoms with Gasteiger partial charge in [-0.2, -0.15) is 5.26 Å². The molecule has 1 heterocycles. The Morgan fingerprint density at radius 1 is 1.29 bits per heavy atom. The molecule has 1 aromatic heterocycles. The molecule has 0 saturated carbocycles. The van der Waals surface area contributed by atoms with Gasteiger partial charge in [0.15, 0.2) is 0 Å². The smallest absolute Gasteiger partial charge is 0.133 e. The molecule has 0 aliphatic carbocycles. The summed E-state index contributed by atoms with van der Waals surface area (Å²) in [7, 11) is 0. The molecule has 0 spiro atoms. The zero-order valence-electron chi connectivity index (χ0n) is 8.82. The third-order valence-electron chi connectivity index (χ3n) is 2.32. The van der Waals surface area contributed by atoms with Crippen LogP contribution >= 0.6 is 11.6 Å². The van der Waals surface area contributed by atoms with Crippen LogP contribution in [0.5, 0.6) is 0 Å². The highest BCUT2D eigenvalue weighted by Crippen LogP contribution is 2.22. The van der Waals surface area contributed by atoms with Gasteiger partial charge >= 0.3 is 0 Å². The molecule has 0 saturated heterocycles. The lowest BCUT2D eigenvalue weighted by Crippen LogP contribution is -1.90. The summed E-state index contributed by atoms with van der Waals surface area (Å²) in [5, 5.41) is 8.87. The summed E-state index contributed by atoms with van der Waals surface area (Å²) in [5.74, 6) is -0.318. The second kappa shape index (κ2) is 4.94. The predicted octanol–water partition coefficient (Wildman–Crippen LogP) is 3.61. The Morgan fingerprint density at radius 2 is 2.12 bits per heavy atom. The number of hydrogen-bond acceptors (Lipinski definition) is 2. The van der Waals surface area contributed by atoms with Crippen molar-refractivity contribution < 1.29 is 4.39 Å². The second-order valence-electron chi connectivity index (χ2n) is 3.49. The zero-order valence-corrected chi connectivity index (χ0v) is 9.58. The minimum atomic E-state index is -0.318. The van der Waals surface area contributed by atoms with Gasteiger partial charge in [-0.3, -0.25) is 0 Å². The van der Waals surface area contributed by atoms with Crippen LogP contribution in [0, 0.1) is 17.1 Å². The van der Waals surface area contributed by atoms with Crippen LogP contribution in [0.4, 0.5) is 4.39 Å². The molecule has 0 aliphatic heterocycles. The maximum atomic E-state index is 13.0. The van der Waals surface area contributed by atoms with Gasteiger partial charge in [0.25, 0.3) is 0 Å². The number of hydrogen-bond donors (Lipinski definition) is 0. The van der Waals surface area contributed by atoms with Gasteiger partial charge in [0.05, 0.1) is 18.2 Å². The van der Waals surface area contributed by atoms with E-state index in [1.807, 2.05) is 6.07 Å². The lowest BCUT2D eigenvalue weighted by molar-refractivity contribution is 0.628. The van der Waals surface area contributed by atoms with E-state index >= 15 is 0 Å². The van der Waals surface area contributed by atoms with Crippen molar-refractivity contribution in [1.82, 2.24) is 4.98 Å². The fourth-order valence-electron chi connectivity index (χ4n) is 1.49. The molecule has 0 radical (unpaired) electrons. The van der Waals surface area contributed by atoms with Crippen LogP contribution in [0.3, 0.4) is 0 Å². The lowest BCUT2D eigenvalue weighted by Gasteiger charge is -2.04. The molecular formula is C13H8ClFN2. The Kier molecular flexibility index (Phi) is 3.36. The fourth-order valence-corrected chi connectivity index (χ4v) is 1.71. The highest BCUT2D eigenvalue weighted by atomic mass is 35.5. The first-order valence-corrected chi connectivity index (χ1v) is 5.37. The van der Waals surface area contributed by atoms with E-state index in [1.54, 1.807) is 24.3 Å². The number of benzene rings is 1. The fraction of sp³-hybridized carbons (Fsp3) is 0.0769. The average molecular weight is 247 g/mol. The monoisotopic (exact) mass is 246 g/mol. The zero-order chi connectivity index (χ0) is 12.3. The van der Waals surface area contributed by atoms with Crippen molar-refractivity contribution in [2.24, 2.45) is 0 Å². The molecule has 0 bridgehead atoms. The third kappa shape index (κ3) is 2.61. The second-order valence-corrected chi connectivity index (χ2v) is 3.85. The van der Waals surface area contributed by atoms with Crippen molar-refractivity contribution in [1.29, 1.82) is 5.26 Å². The number of nitrogens with zero attached hydrogens (tertiary/aromatic N) is 2. The minimum Gasteiger partial charge on any atom is -0.236 e. The first-order valence-electron chi connectivity index (χ1n) is 4.99. The van der Waals surface area contributed by atoms with Crippen LogP contribution in [0.15, 0.2) is 36.4 Å². The van der Waals surface area contributed by atoms with Gasteiger partial charge in [0.2, 0.25) is 0 Å². The third-order valence-corrected chi connectivity index (χ3v) is 2.64. The van der Waals surface area contributed by atoms with Gasteiger partial charge in [0, 0.05) is 11.1 Å². The Bertz CT molecular complexity index is 590. The summed E-state index contributed by atoms with van der Waals surface area (Å²) >= 11 is 5.94. The van der Waals surface area contributed by atoms with E-state index in [4.69, 9.17) is 16.9 Å². The van der Waals surface area contributed by atoms with E-state index in [0.29, 0.717) is 16.8 Å². The molecule has 84 valence electrons. The quantitative estimate of drug-likeness (QED) is 0.759. The molecule has 0 N–H and O–H groups in total. The van der Waals surface area contributed by atoms with Crippen molar-refractivity contribution in [3.63, 3.8) is 0 Å². The number of aromatic nitrogens is 1. The van der Waals surface area contributed by atoms with Crippen LogP contribution in [-0.4, -0.2) is 4.98 Å². The first-order chi connectivity index (χ1) is 8.20. The van der Waals surface area contributed by atoms with Crippen molar-refractivity contribution in [3.8, 4) is 17.3 Å². The highest BCUT2D eigenvalue weighted by Gasteiger charge is 2.05. The Labute approximate surface area is 103 Å². The van der Waals surface area contributed by atoms with Gasteiger partial charge in [0.1, 0.15) is 11.0 Å². The van der Waals surface area contributed by atoms with E-state index in [-0.39, 0.29) is 17.4 Å². The van der Waals surface area contributed by atoms with E-state index in [0.717, 1.165) is 0 Å². The maximum Gasteiger partial charge on any atom is 0.133 e. The Morgan fingerprint density at radius 3 is 2.76 bits per heavy atom. The molecule has 2 rings (SSSR count). The highest BCUT2D eigenvalue weighted by molar-refractivity contribution is 6.30. The molecule has 2 aromatic rings. The number of nitriles is 1.